The molecule has 0 radical (unpaired) electrons. The second-order valence-electron chi connectivity index (χ2n) is 7.68. The van der Waals surface area contributed by atoms with Gasteiger partial charge in [-0.15, -0.1) is 0 Å². The molecule has 1 aliphatic rings. The topological polar surface area (TPSA) is 76.5 Å². The number of para-hydroxylation sites is 3. The van der Waals surface area contributed by atoms with Gasteiger partial charge in [0.05, 0.1) is 29.3 Å². The predicted molar refractivity (Wildman–Crippen MR) is 132 cm³/mol. The van der Waals surface area contributed by atoms with Gasteiger partial charge in [0, 0.05) is 23.4 Å². The largest absolute Gasteiger partial charge is 0.447 e. The Labute approximate surface area is 196 Å². The molecule has 5 rings (SSSR count). The summed E-state index contributed by atoms with van der Waals surface area (Å²) in [5.74, 6) is -0.313. The molecular weight excluding hydrogens is 428 g/mol. The highest BCUT2D eigenvalue weighted by Gasteiger charge is 2.25. The lowest BCUT2D eigenvalue weighted by Gasteiger charge is -2.17. The number of aromatic nitrogens is 2. The number of carbonyl (C=O) groups is 2. The standard InChI is InChI=1S/C27H22N4O3/c32-25(28-23-13-7-8-14-24(23)30-17-18-34-27(30)33)16-15-21-19-31(22-11-5-2-6-12-22)29-26(21)20-9-3-1-4-10-20/h1-16,19H,17-18H2,(H,28,32)/b16-15+. The molecule has 1 N–H and O–H groups in total. The molecule has 1 aliphatic heterocycles. The van der Waals surface area contributed by atoms with Gasteiger partial charge >= 0.3 is 6.09 Å². The molecule has 2 heterocycles. The normalized spacial score (nSPS) is 13.3. The van der Waals surface area contributed by atoms with Crippen LogP contribution in [0.1, 0.15) is 5.56 Å². The number of hydrogen-bond donors (Lipinski definition) is 1. The van der Waals surface area contributed by atoms with Crippen LogP contribution in [0.5, 0.6) is 0 Å². The molecule has 168 valence electrons. The Kier molecular flexibility index (Phi) is 5.90. The summed E-state index contributed by atoms with van der Waals surface area (Å²) in [6, 6.07) is 26.8. The number of rotatable bonds is 6. The van der Waals surface area contributed by atoms with E-state index in [0.29, 0.717) is 24.5 Å². The summed E-state index contributed by atoms with van der Waals surface area (Å²) in [4.78, 5) is 26.3. The van der Waals surface area contributed by atoms with Crippen LogP contribution in [-0.4, -0.2) is 34.9 Å². The Morgan fingerprint density at radius 2 is 1.65 bits per heavy atom. The number of carbonyl (C=O) groups excluding carboxylic acids is 2. The zero-order chi connectivity index (χ0) is 23.3. The van der Waals surface area contributed by atoms with Gasteiger partial charge < -0.3 is 10.1 Å². The van der Waals surface area contributed by atoms with Crippen LogP contribution in [0, 0.1) is 0 Å². The minimum Gasteiger partial charge on any atom is -0.447 e. The van der Waals surface area contributed by atoms with E-state index in [2.05, 4.69) is 5.32 Å². The fourth-order valence-corrected chi connectivity index (χ4v) is 3.81. The zero-order valence-electron chi connectivity index (χ0n) is 18.3. The van der Waals surface area contributed by atoms with E-state index >= 15 is 0 Å². The molecule has 4 aromatic rings. The third-order valence-corrected chi connectivity index (χ3v) is 5.44. The summed E-state index contributed by atoms with van der Waals surface area (Å²) in [6.45, 7) is 0.773. The molecule has 1 saturated heterocycles. The molecule has 1 fully saturated rings. The molecule has 3 aromatic carbocycles. The van der Waals surface area contributed by atoms with Crippen LogP contribution < -0.4 is 10.2 Å². The van der Waals surface area contributed by atoms with Crippen LogP contribution in [0.4, 0.5) is 16.2 Å². The first-order valence-corrected chi connectivity index (χ1v) is 10.9. The van der Waals surface area contributed by atoms with E-state index in [9.17, 15) is 9.59 Å². The number of cyclic esters (lactones) is 1. The quantitative estimate of drug-likeness (QED) is 0.412. The van der Waals surface area contributed by atoms with E-state index in [1.807, 2.05) is 79.0 Å². The lowest BCUT2D eigenvalue weighted by molar-refractivity contribution is -0.111. The first kappa shape index (κ1) is 21.2. The van der Waals surface area contributed by atoms with Crippen molar-refractivity contribution in [2.24, 2.45) is 0 Å². The molecule has 34 heavy (non-hydrogen) atoms. The van der Waals surface area contributed by atoms with Gasteiger partial charge in [0.1, 0.15) is 6.61 Å². The summed E-state index contributed by atoms with van der Waals surface area (Å²) in [7, 11) is 0. The van der Waals surface area contributed by atoms with Crippen LogP contribution in [0.2, 0.25) is 0 Å². The average molecular weight is 450 g/mol. The zero-order valence-corrected chi connectivity index (χ0v) is 18.3. The van der Waals surface area contributed by atoms with Gasteiger partial charge in [-0.3, -0.25) is 9.69 Å². The number of anilines is 2. The van der Waals surface area contributed by atoms with Crippen LogP contribution >= 0.6 is 0 Å². The van der Waals surface area contributed by atoms with Gasteiger partial charge in [-0.25, -0.2) is 9.48 Å². The first-order chi connectivity index (χ1) is 16.7. The summed E-state index contributed by atoms with van der Waals surface area (Å²) in [6.07, 6.45) is 4.70. The number of ether oxygens (including phenoxy) is 1. The second-order valence-corrected chi connectivity index (χ2v) is 7.68. The van der Waals surface area contributed by atoms with Crippen LogP contribution in [0.25, 0.3) is 23.0 Å². The van der Waals surface area contributed by atoms with Gasteiger partial charge in [-0.1, -0.05) is 60.7 Å². The van der Waals surface area contributed by atoms with E-state index in [0.717, 1.165) is 22.5 Å². The number of nitrogens with zero attached hydrogens (tertiary/aromatic N) is 3. The number of amides is 2. The van der Waals surface area contributed by atoms with Crippen LogP contribution in [0.15, 0.2) is 97.2 Å². The van der Waals surface area contributed by atoms with Crippen molar-refractivity contribution in [1.82, 2.24) is 9.78 Å². The summed E-state index contributed by atoms with van der Waals surface area (Å²) in [5, 5.41) is 7.64. The highest BCUT2D eigenvalue weighted by atomic mass is 16.6. The van der Waals surface area contributed by atoms with Crippen molar-refractivity contribution in [3.8, 4) is 16.9 Å². The summed E-state index contributed by atoms with van der Waals surface area (Å²) < 4.78 is 6.83. The van der Waals surface area contributed by atoms with E-state index in [4.69, 9.17) is 9.84 Å². The Balaban J connectivity index is 1.42. The summed E-state index contributed by atoms with van der Waals surface area (Å²) >= 11 is 0. The maximum atomic E-state index is 12.8. The van der Waals surface area contributed by atoms with Crippen molar-refractivity contribution in [3.05, 3.63) is 103 Å². The lowest BCUT2D eigenvalue weighted by atomic mass is 10.1. The monoisotopic (exact) mass is 450 g/mol. The van der Waals surface area contributed by atoms with Crippen molar-refractivity contribution >= 4 is 29.5 Å². The molecule has 2 amide bonds. The fourth-order valence-electron chi connectivity index (χ4n) is 3.81. The van der Waals surface area contributed by atoms with E-state index < -0.39 is 6.09 Å². The lowest BCUT2D eigenvalue weighted by Crippen LogP contribution is -2.25. The van der Waals surface area contributed by atoms with Gasteiger partial charge in [0.25, 0.3) is 0 Å². The van der Waals surface area contributed by atoms with E-state index in [-0.39, 0.29) is 5.91 Å². The maximum Gasteiger partial charge on any atom is 0.414 e. The molecular formula is C27H22N4O3. The SMILES string of the molecule is O=C(/C=C/c1cn(-c2ccccc2)nc1-c1ccccc1)Nc1ccccc1N1CCOC1=O. The highest BCUT2D eigenvalue weighted by molar-refractivity contribution is 6.05. The minimum atomic E-state index is -0.418. The molecule has 0 atom stereocenters. The third-order valence-electron chi connectivity index (χ3n) is 5.44. The third kappa shape index (κ3) is 4.45. The molecule has 1 aromatic heterocycles. The van der Waals surface area contributed by atoms with Crippen molar-refractivity contribution < 1.29 is 14.3 Å². The number of benzene rings is 3. The predicted octanol–water partition coefficient (Wildman–Crippen LogP) is 5.15. The molecule has 7 nitrogen and oxygen atoms in total. The van der Waals surface area contributed by atoms with Crippen molar-refractivity contribution in [3.63, 3.8) is 0 Å². The molecule has 7 heteroatoms. The minimum absolute atomic E-state index is 0.313. The molecule has 0 bridgehead atoms. The van der Waals surface area contributed by atoms with Crippen molar-refractivity contribution in [2.45, 2.75) is 0 Å². The Hall–Kier alpha value is -4.65. The Bertz CT molecular complexity index is 1350. The van der Waals surface area contributed by atoms with Crippen molar-refractivity contribution in [1.29, 1.82) is 0 Å². The number of hydrogen-bond acceptors (Lipinski definition) is 4. The fraction of sp³-hybridized carbons (Fsp3) is 0.0741. The van der Waals surface area contributed by atoms with E-state index in [1.165, 1.54) is 11.0 Å². The number of nitrogens with one attached hydrogen (secondary N) is 1. The van der Waals surface area contributed by atoms with Gasteiger partial charge in [-0.2, -0.15) is 5.10 Å². The first-order valence-electron chi connectivity index (χ1n) is 10.9. The Morgan fingerprint density at radius 3 is 2.38 bits per heavy atom. The summed E-state index contributed by atoms with van der Waals surface area (Å²) in [5.41, 5.74) is 4.61. The average Bonchev–Trinajstić information content (AvgIpc) is 3.50. The van der Waals surface area contributed by atoms with Crippen LogP contribution in [-0.2, 0) is 9.53 Å². The molecule has 0 aliphatic carbocycles. The second kappa shape index (κ2) is 9.46. The van der Waals surface area contributed by atoms with Gasteiger partial charge in [-0.05, 0) is 30.3 Å². The van der Waals surface area contributed by atoms with E-state index in [1.54, 1.807) is 22.9 Å². The maximum absolute atomic E-state index is 12.8. The highest BCUT2D eigenvalue weighted by Crippen LogP contribution is 2.28. The molecule has 0 saturated carbocycles. The Morgan fingerprint density at radius 1 is 0.941 bits per heavy atom. The van der Waals surface area contributed by atoms with Gasteiger partial charge in [0.15, 0.2) is 0 Å². The van der Waals surface area contributed by atoms with Gasteiger partial charge in [0.2, 0.25) is 5.91 Å². The molecule has 0 spiro atoms. The molecule has 0 unspecified atom stereocenters. The van der Waals surface area contributed by atoms with Crippen LogP contribution in [0.3, 0.4) is 0 Å². The van der Waals surface area contributed by atoms with Crippen molar-refractivity contribution in [2.75, 3.05) is 23.4 Å². The smallest absolute Gasteiger partial charge is 0.414 e.